The summed E-state index contributed by atoms with van der Waals surface area (Å²) in [5, 5.41) is 10.3. The summed E-state index contributed by atoms with van der Waals surface area (Å²) in [4.78, 5) is 29.0. The van der Waals surface area contributed by atoms with Crippen molar-refractivity contribution in [3.63, 3.8) is 0 Å². The SMILES string of the molecule is CCCCCCCC(=O)CC(=O)C=Cc1cc(OC)c(O)cc1CC1=C2[CH+]C=CC=C2N=C1. The number of hydrogen-bond acceptors (Lipinski definition) is 5. The number of methoxy groups -OCH3 is 1. The highest BCUT2D eigenvalue weighted by Crippen LogP contribution is 2.34. The molecule has 0 saturated heterocycles. The molecule has 1 aromatic rings. The van der Waals surface area contributed by atoms with E-state index in [0.717, 1.165) is 47.2 Å². The van der Waals surface area contributed by atoms with Crippen molar-refractivity contribution in [3.05, 3.63) is 70.8 Å². The molecule has 0 amide bonds. The Kier molecular flexibility index (Phi) is 8.87. The number of phenolic OH excluding ortho intramolecular Hbond substituents is 1. The summed E-state index contributed by atoms with van der Waals surface area (Å²) in [7, 11) is 1.49. The normalized spacial score (nSPS) is 14.4. The molecule has 0 radical (unpaired) electrons. The number of carbonyl (C=O) groups is 2. The third-order valence-electron chi connectivity index (χ3n) is 5.81. The summed E-state index contributed by atoms with van der Waals surface area (Å²) < 4.78 is 5.25. The molecule has 0 saturated carbocycles. The Morgan fingerprint density at radius 3 is 2.79 bits per heavy atom. The van der Waals surface area contributed by atoms with E-state index in [-0.39, 0.29) is 23.7 Å². The molecule has 0 unspecified atom stereocenters. The van der Waals surface area contributed by atoms with Gasteiger partial charge in [0.1, 0.15) is 11.4 Å². The van der Waals surface area contributed by atoms with Crippen LogP contribution in [0.25, 0.3) is 6.08 Å². The molecule has 1 N–H and O–H groups in total. The van der Waals surface area contributed by atoms with E-state index in [0.29, 0.717) is 18.6 Å². The Hall–Kier alpha value is -3.34. The second kappa shape index (κ2) is 12.0. The second-order valence-electron chi connectivity index (χ2n) is 8.38. The van der Waals surface area contributed by atoms with Gasteiger partial charge in [0.05, 0.1) is 25.3 Å². The summed E-state index contributed by atoms with van der Waals surface area (Å²) in [6.45, 7) is 2.16. The van der Waals surface area contributed by atoms with E-state index >= 15 is 0 Å². The number of hydrogen-bond donors (Lipinski definition) is 1. The van der Waals surface area contributed by atoms with Crippen molar-refractivity contribution in [1.82, 2.24) is 0 Å². The largest absolute Gasteiger partial charge is 0.504 e. The number of aliphatic imine (C=N–C) groups is 1. The molecule has 0 aromatic heterocycles. The molecule has 0 fully saturated rings. The van der Waals surface area contributed by atoms with Crippen molar-refractivity contribution in [1.29, 1.82) is 0 Å². The van der Waals surface area contributed by atoms with Gasteiger partial charge in [0.25, 0.3) is 0 Å². The molecule has 1 aliphatic carbocycles. The van der Waals surface area contributed by atoms with Gasteiger partial charge in [-0.3, -0.25) is 9.59 Å². The number of Topliss-reactive ketones (excluding diaryl/α,β-unsaturated/α-hetero) is 1. The average Bonchev–Trinajstić information content (AvgIpc) is 3.21. The van der Waals surface area contributed by atoms with Crippen LogP contribution in [-0.2, 0) is 16.0 Å². The lowest BCUT2D eigenvalue weighted by Crippen LogP contribution is -2.05. The summed E-state index contributed by atoms with van der Waals surface area (Å²) in [5.41, 5.74) is 4.62. The summed E-state index contributed by atoms with van der Waals surface area (Å²) in [6.07, 6.45) is 19.2. The van der Waals surface area contributed by atoms with Crippen molar-refractivity contribution in [2.75, 3.05) is 7.11 Å². The van der Waals surface area contributed by atoms with Crippen LogP contribution in [0.3, 0.4) is 0 Å². The Morgan fingerprint density at radius 2 is 2.00 bits per heavy atom. The second-order valence-corrected chi connectivity index (χ2v) is 8.38. The molecular formula is C28H32NO4+. The van der Waals surface area contributed by atoms with Crippen molar-refractivity contribution in [2.45, 2.75) is 58.3 Å². The van der Waals surface area contributed by atoms with Crippen molar-refractivity contribution >= 4 is 23.9 Å². The van der Waals surface area contributed by atoms with Gasteiger partial charge in [-0.05, 0) is 35.8 Å². The van der Waals surface area contributed by atoms with Crippen LogP contribution in [0.4, 0.5) is 0 Å². The lowest BCUT2D eigenvalue weighted by molar-refractivity contribution is -0.124. The number of nitrogens with zero attached hydrogens (tertiary/aromatic N) is 1. The van der Waals surface area contributed by atoms with Crippen molar-refractivity contribution in [2.24, 2.45) is 4.99 Å². The maximum atomic E-state index is 12.4. The van der Waals surface area contributed by atoms with Crippen LogP contribution in [0, 0.1) is 6.42 Å². The van der Waals surface area contributed by atoms with Gasteiger partial charge < -0.3 is 9.84 Å². The first-order chi connectivity index (χ1) is 16.0. The minimum Gasteiger partial charge on any atom is -0.504 e. The minimum atomic E-state index is -0.216. The molecule has 1 heterocycles. The van der Waals surface area contributed by atoms with E-state index in [2.05, 4.69) is 11.9 Å². The van der Waals surface area contributed by atoms with Gasteiger partial charge in [-0.1, -0.05) is 38.7 Å². The van der Waals surface area contributed by atoms with Crippen LogP contribution in [0.15, 0.2) is 58.3 Å². The predicted molar refractivity (Wildman–Crippen MR) is 132 cm³/mol. The van der Waals surface area contributed by atoms with Gasteiger partial charge in [0.15, 0.2) is 23.0 Å². The van der Waals surface area contributed by atoms with Crippen LogP contribution in [0.5, 0.6) is 11.5 Å². The standard InChI is InChI=1S/C28H31NO4/c1-3-4-5-6-7-10-23(30)18-24(31)14-13-20-17-28(33-2)27(32)16-21(20)15-22-19-29-26-12-9-8-11-25(22)26/h8-9,11-14,16-17,19H,3-7,10,15,18H2,1-2H3/p+1. The molecular weight excluding hydrogens is 414 g/mol. The monoisotopic (exact) mass is 446 g/mol. The Labute approximate surface area is 196 Å². The van der Waals surface area contributed by atoms with Gasteiger partial charge in [-0.15, -0.1) is 0 Å². The number of benzene rings is 1. The fraction of sp³-hybridized carbons (Fsp3) is 0.357. The molecule has 3 rings (SSSR count). The van der Waals surface area contributed by atoms with Crippen LogP contribution in [0.2, 0.25) is 0 Å². The quantitative estimate of drug-likeness (QED) is 0.178. The van der Waals surface area contributed by atoms with Crippen LogP contribution in [0.1, 0.15) is 63.0 Å². The van der Waals surface area contributed by atoms with Gasteiger partial charge in [-0.25, -0.2) is 0 Å². The molecule has 0 bridgehead atoms. The topological polar surface area (TPSA) is 76.0 Å². The van der Waals surface area contributed by atoms with Crippen LogP contribution in [-0.4, -0.2) is 30.0 Å². The average molecular weight is 447 g/mol. The fourth-order valence-electron chi connectivity index (χ4n) is 3.97. The smallest absolute Gasteiger partial charge is 0.163 e. The number of fused-ring (bicyclic) bond motifs is 1. The van der Waals surface area contributed by atoms with Crippen molar-refractivity contribution < 1.29 is 19.4 Å². The molecule has 5 nitrogen and oxygen atoms in total. The van der Waals surface area contributed by atoms with E-state index < -0.39 is 0 Å². The Morgan fingerprint density at radius 1 is 1.18 bits per heavy atom. The number of unbranched alkanes of at least 4 members (excludes halogenated alkanes) is 4. The first-order valence-electron chi connectivity index (χ1n) is 11.6. The predicted octanol–water partition coefficient (Wildman–Crippen LogP) is 5.88. The van der Waals surface area contributed by atoms with Crippen LogP contribution >= 0.6 is 0 Å². The van der Waals surface area contributed by atoms with E-state index in [1.54, 1.807) is 18.2 Å². The number of rotatable bonds is 13. The molecule has 5 heteroatoms. The maximum Gasteiger partial charge on any atom is 0.163 e. The summed E-state index contributed by atoms with van der Waals surface area (Å²) in [5.74, 6) is 0.142. The molecule has 0 atom stereocenters. The van der Waals surface area contributed by atoms with Gasteiger partial charge in [0, 0.05) is 37.5 Å². The Balaban J connectivity index is 1.69. The number of aromatic hydroxyl groups is 1. The highest BCUT2D eigenvalue weighted by Gasteiger charge is 2.25. The lowest BCUT2D eigenvalue weighted by Gasteiger charge is -2.10. The first-order valence-corrected chi connectivity index (χ1v) is 11.6. The zero-order valence-electron chi connectivity index (χ0n) is 19.5. The Bertz CT molecular complexity index is 1040. The highest BCUT2D eigenvalue weighted by molar-refractivity contribution is 6.06. The van der Waals surface area contributed by atoms with E-state index in [1.807, 2.05) is 30.9 Å². The highest BCUT2D eigenvalue weighted by atomic mass is 16.5. The van der Waals surface area contributed by atoms with Gasteiger partial charge >= 0.3 is 0 Å². The number of ether oxygens (including phenoxy) is 1. The summed E-state index contributed by atoms with van der Waals surface area (Å²) in [6, 6.07) is 3.37. The van der Waals surface area contributed by atoms with E-state index in [9.17, 15) is 14.7 Å². The third-order valence-corrected chi connectivity index (χ3v) is 5.81. The van der Waals surface area contributed by atoms with E-state index in [4.69, 9.17) is 4.74 Å². The third kappa shape index (κ3) is 6.82. The molecule has 0 spiro atoms. The van der Waals surface area contributed by atoms with Gasteiger partial charge in [0.2, 0.25) is 0 Å². The van der Waals surface area contributed by atoms with E-state index in [1.165, 1.54) is 26.0 Å². The zero-order chi connectivity index (χ0) is 23.6. The number of carbonyl (C=O) groups excluding carboxylic acids is 2. The lowest BCUT2D eigenvalue weighted by atomic mass is 9.93. The molecule has 1 aromatic carbocycles. The molecule has 172 valence electrons. The maximum absolute atomic E-state index is 12.4. The summed E-state index contributed by atoms with van der Waals surface area (Å²) >= 11 is 0. The zero-order valence-corrected chi connectivity index (χ0v) is 19.5. The fourth-order valence-corrected chi connectivity index (χ4v) is 3.97. The number of ketones is 2. The number of allylic oxidation sites excluding steroid dienone is 6. The first kappa shape index (κ1) is 24.3. The minimum absolute atomic E-state index is 0.0148. The molecule has 33 heavy (non-hydrogen) atoms. The van der Waals surface area contributed by atoms with Crippen molar-refractivity contribution in [3.8, 4) is 11.5 Å². The molecule has 2 aliphatic rings. The van der Waals surface area contributed by atoms with Gasteiger partial charge in [-0.2, -0.15) is 4.99 Å². The van der Waals surface area contributed by atoms with Crippen LogP contribution < -0.4 is 4.74 Å². The number of phenols is 1. The molecule has 1 aliphatic heterocycles.